The Bertz CT molecular complexity index is 1040. The van der Waals surface area contributed by atoms with Crippen molar-refractivity contribution in [2.75, 3.05) is 0 Å². The highest BCUT2D eigenvalue weighted by molar-refractivity contribution is 6.68. The average molecular weight is 369 g/mol. The molecule has 0 N–H and O–H groups in total. The first-order chi connectivity index (χ1) is 12.7. The van der Waals surface area contributed by atoms with Gasteiger partial charge in [0, 0.05) is 11.1 Å². The van der Waals surface area contributed by atoms with Crippen molar-refractivity contribution >= 4 is 83.8 Å². The van der Waals surface area contributed by atoms with Gasteiger partial charge in [-0.1, -0.05) is 46.8 Å². The van der Waals surface area contributed by atoms with Crippen LogP contribution in [-0.2, 0) is 0 Å². The summed E-state index contributed by atoms with van der Waals surface area (Å²) in [7, 11) is 10.8. The van der Waals surface area contributed by atoms with Gasteiger partial charge in [-0.2, -0.15) is 0 Å². The Kier molecular flexibility index (Phi) is 5.30. The first-order valence-electron chi connectivity index (χ1n) is 8.84. The first kappa shape index (κ1) is 19.4. The molecule has 9 heteroatoms. The van der Waals surface area contributed by atoms with Crippen LogP contribution in [0.2, 0.25) is 5.02 Å². The largest absolute Gasteiger partial charge is 0.277 e. The molecule has 0 heterocycles. The van der Waals surface area contributed by atoms with Gasteiger partial charge in [-0.3, -0.25) is 10.1 Å². The Morgan fingerprint density at radius 2 is 1.22 bits per heavy atom. The lowest BCUT2D eigenvalue weighted by Gasteiger charge is -2.20. The summed E-state index contributed by atoms with van der Waals surface area (Å²) in [5, 5.41) is 11.8. The van der Waals surface area contributed by atoms with E-state index in [1.54, 1.807) is 12.1 Å². The van der Waals surface area contributed by atoms with Crippen LogP contribution in [0.15, 0.2) is 42.5 Å². The molecule has 0 saturated carbocycles. The van der Waals surface area contributed by atoms with E-state index in [0.29, 0.717) is 10.6 Å². The molecule has 0 unspecified atom stereocenters. The molecule has 0 atom stereocenters. The van der Waals surface area contributed by atoms with E-state index in [-0.39, 0.29) is 10.6 Å². The second kappa shape index (κ2) is 7.36. The molecule has 27 heavy (non-hydrogen) atoms. The zero-order valence-corrected chi connectivity index (χ0v) is 16.9. The number of nitro benzene ring substituents is 1. The molecule has 0 bridgehead atoms. The number of nitrogens with zero attached hydrogens (tertiary/aromatic N) is 1. The van der Waals surface area contributed by atoms with Crippen LogP contribution in [0.25, 0.3) is 22.3 Å². The lowest BCUT2D eigenvalue weighted by atomic mass is 9.59. The van der Waals surface area contributed by atoms with Gasteiger partial charge in [-0.15, -0.1) is 16.4 Å². The summed E-state index contributed by atoms with van der Waals surface area (Å²) in [6.45, 7) is 0. The van der Waals surface area contributed by atoms with E-state index in [9.17, 15) is 10.1 Å². The van der Waals surface area contributed by atoms with Crippen molar-refractivity contribution in [3.63, 3.8) is 0 Å². The minimum absolute atomic E-state index is 0.0570. The summed E-state index contributed by atoms with van der Waals surface area (Å²) in [6, 6.07) is 12.6. The van der Waals surface area contributed by atoms with E-state index in [4.69, 9.17) is 11.6 Å². The Hall–Kier alpha value is -2.33. The van der Waals surface area contributed by atoms with E-state index in [0.717, 1.165) is 11.1 Å². The van der Waals surface area contributed by atoms with E-state index < -0.39 is 0 Å². The van der Waals surface area contributed by atoms with Crippen molar-refractivity contribution in [2.24, 2.45) is 0 Å². The van der Waals surface area contributed by atoms with Crippen LogP contribution in [0.3, 0.4) is 0 Å². The highest BCUT2D eigenvalue weighted by Gasteiger charge is 2.17. The lowest BCUT2D eigenvalue weighted by molar-refractivity contribution is -0.384. The molecule has 0 amide bonds. The summed E-state index contributed by atoms with van der Waals surface area (Å²) in [6.07, 6.45) is 0. The molecular formula is C18H17B5ClNO2. The van der Waals surface area contributed by atoms with E-state index >= 15 is 0 Å². The lowest BCUT2D eigenvalue weighted by Crippen LogP contribution is -2.55. The number of hydrogen-bond acceptors (Lipinski definition) is 2. The van der Waals surface area contributed by atoms with Crippen LogP contribution in [-0.4, -0.2) is 44.2 Å². The fraction of sp³-hybridized carbons (Fsp3) is 0. The smallest absolute Gasteiger partial charge is 0.258 e. The molecule has 0 radical (unpaired) electrons. The molecule has 0 spiro atoms. The van der Waals surface area contributed by atoms with Crippen LogP contribution >= 0.6 is 11.6 Å². The number of halogens is 1. The summed E-state index contributed by atoms with van der Waals surface area (Å²) in [5.41, 5.74) is 10.2. The predicted molar refractivity (Wildman–Crippen MR) is 130 cm³/mol. The normalized spacial score (nSPS) is 10.7. The van der Waals surface area contributed by atoms with Crippen LogP contribution in [0, 0.1) is 10.1 Å². The Balaban J connectivity index is 2.14. The zero-order valence-electron chi connectivity index (χ0n) is 16.2. The average Bonchev–Trinajstić information content (AvgIpc) is 2.65. The molecule has 3 aromatic carbocycles. The highest BCUT2D eigenvalue weighted by Crippen LogP contribution is 2.33. The van der Waals surface area contributed by atoms with Gasteiger partial charge in [0.2, 0.25) is 0 Å². The molecule has 0 aliphatic rings. The maximum absolute atomic E-state index is 11.4. The number of hydrogen-bond donors (Lipinski definition) is 0. The minimum atomic E-state index is -0.374. The summed E-state index contributed by atoms with van der Waals surface area (Å²) < 4.78 is 0. The quantitative estimate of drug-likeness (QED) is 0.279. The SMILES string of the molecule is Bc1c(B)c(B)c(-c2ccc(-c3cc(Cl)ccc3[N+](=O)[O-])cc2)c(B)c1B. The van der Waals surface area contributed by atoms with E-state index in [2.05, 4.69) is 39.2 Å². The Morgan fingerprint density at radius 1 is 0.741 bits per heavy atom. The number of benzene rings is 3. The van der Waals surface area contributed by atoms with Gasteiger partial charge in [0.25, 0.3) is 5.69 Å². The standard InChI is InChI=1S/C18H17B5ClNO2/c19-14-13(15(20)17(22)18(23)16(14)21)9-3-1-8(2-4-9)11-7-10(24)5-6-12(11)25(26)27/h1-7H,19-23H2. The van der Waals surface area contributed by atoms with E-state index in [1.807, 2.05) is 24.3 Å². The van der Waals surface area contributed by atoms with Crippen molar-refractivity contribution in [3.05, 3.63) is 57.6 Å². The van der Waals surface area contributed by atoms with Crippen molar-refractivity contribution in [1.29, 1.82) is 0 Å². The minimum Gasteiger partial charge on any atom is -0.258 e. The Labute approximate surface area is 168 Å². The third-order valence-corrected chi connectivity index (χ3v) is 5.87. The van der Waals surface area contributed by atoms with Crippen LogP contribution < -0.4 is 27.3 Å². The fourth-order valence-electron chi connectivity index (χ4n) is 3.65. The van der Waals surface area contributed by atoms with Crippen molar-refractivity contribution < 1.29 is 4.92 Å². The highest BCUT2D eigenvalue weighted by atomic mass is 35.5. The molecule has 0 aliphatic heterocycles. The van der Waals surface area contributed by atoms with Gasteiger partial charge in [0.15, 0.2) is 0 Å². The van der Waals surface area contributed by atoms with Crippen LogP contribution in [0.5, 0.6) is 0 Å². The summed E-state index contributed by atoms with van der Waals surface area (Å²) in [5.74, 6) is 0. The maximum atomic E-state index is 11.4. The van der Waals surface area contributed by atoms with Gasteiger partial charge in [0.1, 0.15) is 39.2 Å². The molecule has 3 rings (SSSR count). The molecule has 0 fully saturated rings. The maximum Gasteiger partial charge on any atom is 0.277 e. The number of nitro groups is 1. The Morgan fingerprint density at radius 3 is 1.74 bits per heavy atom. The molecule has 3 aromatic rings. The monoisotopic (exact) mass is 369 g/mol. The van der Waals surface area contributed by atoms with Gasteiger partial charge in [-0.05, 0) is 28.8 Å². The van der Waals surface area contributed by atoms with Gasteiger partial charge in [-0.25, -0.2) is 0 Å². The van der Waals surface area contributed by atoms with Crippen molar-refractivity contribution in [2.45, 2.75) is 0 Å². The first-order valence-corrected chi connectivity index (χ1v) is 9.22. The molecule has 0 aliphatic carbocycles. The van der Waals surface area contributed by atoms with Crippen LogP contribution in [0.1, 0.15) is 0 Å². The van der Waals surface area contributed by atoms with Crippen molar-refractivity contribution in [3.8, 4) is 22.3 Å². The molecule has 0 aromatic heterocycles. The third kappa shape index (κ3) is 3.46. The van der Waals surface area contributed by atoms with Gasteiger partial charge < -0.3 is 0 Å². The summed E-state index contributed by atoms with van der Waals surface area (Å²) in [4.78, 5) is 11.0. The second-order valence-electron chi connectivity index (χ2n) is 7.00. The predicted octanol–water partition coefficient (Wildman–Crippen LogP) is -3.13. The van der Waals surface area contributed by atoms with Crippen LogP contribution in [0.4, 0.5) is 5.69 Å². The van der Waals surface area contributed by atoms with Gasteiger partial charge in [0.05, 0.1) is 10.5 Å². The topological polar surface area (TPSA) is 43.1 Å². The molecular weight excluding hydrogens is 352 g/mol. The van der Waals surface area contributed by atoms with Gasteiger partial charge >= 0.3 is 0 Å². The molecule has 128 valence electrons. The second-order valence-corrected chi connectivity index (χ2v) is 7.43. The third-order valence-electron chi connectivity index (χ3n) is 5.64. The van der Waals surface area contributed by atoms with E-state index in [1.165, 1.54) is 38.9 Å². The zero-order chi connectivity index (χ0) is 19.9. The fourth-order valence-corrected chi connectivity index (χ4v) is 3.82. The summed E-state index contributed by atoms with van der Waals surface area (Å²) >= 11 is 6.07. The van der Waals surface area contributed by atoms with Crippen molar-refractivity contribution in [1.82, 2.24) is 0 Å². The molecule has 0 saturated heterocycles. The number of rotatable bonds is 3. The molecule has 3 nitrogen and oxygen atoms in total.